The van der Waals surface area contributed by atoms with Gasteiger partial charge < -0.3 is 24.1 Å². The van der Waals surface area contributed by atoms with Crippen LogP contribution in [0, 0.1) is 0 Å². The van der Waals surface area contributed by atoms with E-state index in [4.69, 9.17) is 18.9 Å². The van der Waals surface area contributed by atoms with Crippen molar-refractivity contribution in [2.75, 3.05) is 13.2 Å². The van der Waals surface area contributed by atoms with Crippen LogP contribution in [-0.2, 0) is 32.2 Å². The van der Waals surface area contributed by atoms with Gasteiger partial charge in [-0.15, -0.1) is 6.58 Å². The first-order valence-electron chi connectivity index (χ1n) is 9.11. The maximum atomic E-state index is 10.7. The van der Waals surface area contributed by atoms with Gasteiger partial charge in [-0.2, -0.15) is 0 Å². The van der Waals surface area contributed by atoms with Gasteiger partial charge in [0.05, 0.1) is 26.4 Å². The van der Waals surface area contributed by atoms with Crippen molar-refractivity contribution in [1.29, 1.82) is 0 Å². The molecule has 0 bridgehead atoms. The van der Waals surface area contributed by atoms with Crippen LogP contribution in [0.1, 0.15) is 11.1 Å². The zero-order chi connectivity index (χ0) is 18.9. The van der Waals surface area contributed by atoms with Crippen molar-refractivity contribution in [3.63, 3.8) is 0 Å². The van der Waals surface area contributed by atoms with Gasteiger partial charge >= 0.3 is 0 Å². The minimum atomic E-state index is -0.834. The second-order valence-electron chi connectivity index (χ2n) is 6.42. The van der Waals surface area contributed by atoms with Crippen molar-refractivity contribution in [2.24, 2.45) is 0 Å². The molecule has 144 valence electrons. The summed E-state index contributed by atoms with van der Waals surface area (Å²) in [6.07, 6.45) is -0.949. The molecule has 27 heavy (non-hydrogen) atoms. The Hall–Kier alpha value is -2.02. The van der Waals surface area contributed by atoms with Gasteiger partial charge in [0.25, 0.3) is 0 Å². The maximum absolute atomic E-state index is 10.7. The number of hydrogen-bond donors (Lipinski definition) is 1. The molecule has 4 atom stereocenters. The van der Waals surface area contributed by atoms with E-state index in [-0.39, 0.29) is 6.61 Å². The van der Waals surface area contributed by atoms with E-state index in [1.54, 1.807) is 6.08 Å². The molecule has 0 amide bonds. The van der Waals surface area contributed by atoms with Gasteiger partial charge in [0, 0.05) is 0 Å². The highest BCUT2D eigenvalue weighted by molar-refractivity contribution is 5.14. The van der Waals surface area contributed by atoms with E-state index in [0.29, 0.717) is 19.8 Å². The molecule has 0 aromatic heterocycles. The fourth-order valence-electron chi connectivity index (χ4n) is 2.95. The van der Waals surface area contributed by atoms with Crippen molar-refractivity contribution < 1.29 is 24.1 Å². The predicted octanol–water partition coefficient (Wildman–Crippen LogP) is 3.08. The van der Waals surface area contributed by atoms with Crippen LogP contribution in [0.4, 0.5) is 0 Å². The summed E-state index contributed by atoms with van der Waals surface area (Å²) < 4.78 is 23.1. The van der Waals surface area contributed by atoms with Crippen molar-refractivity contribution in [1.82, 2.24) is 0 Å². The summed E-state index contributed by atoms with van der Waals surface area (Å²) >= 11 is 0. The molecule has 0 spiro atoms. The second-order valence-corrected chi connectivity index (χ2v) is 6.42. The molecule has 0 unspecified atom stereocenters. The van der Waals surface area contributed by atoms with E-state index in [1.807, 2.05) is 60.7 Å². The summed E-state index contributed by atoms with van der Waals surface area (Å²) in [5.74, 6) is 0. The summed E-state index contributed by atoms with van der Waals surface area (Å²) in [6.45, 7) is 5.06. The van der Waals surface area contributed by atoms with Crippen LogP contribution >= 0.6 is 0 Å². The van der Waals surface area contributed by atoms with E-state index < -0.39 is 24.6 Å². The number of aliphatic hydroxyl groups is 1. The van der Waals surface area contributed by atoms with Crippen LogP contribution in [0.2, 0.25) is 0 Å². The fraction of sp³-hybridized carbons (Fsp3) is 0.364. The predicted molar refractivity (Wildman–Crippen MR) is 102 cm³/mol. The van der Waals surface area contributed by atoms with Gasteiger partial charge in [0.1, 0.15) is 18.3 Å². The van der Waals surface area contributed by atoms with E-state index in [1.165, 1.54) is 0 Å². The molecule has 3 rings (SSSR count). The largest absolute Gasteiger partial charge is 0.387 e. The smallest absolute Gasteiger partial charge is 0.187 e. The minimum absolute atomic E-state index is 0.259. The second kappa shape index (κ2) is 10.3. The topological polar surface area (TPSA) is 57.2 Å². The average molecular weight is 370 g/mol. The molecule has 1 saturated heterocycles. The highest BCUT2D eigenvalue weighted by Gasteiger charge is 2.45. The molecule has 2 aromatic carbocycles. The molecule has 0 radical (unpaired) electrons. The van der Waals surface area contributed by atoms with Gasteiger partial charge in [-0.1, -0.05) is 66.7 Å². The summed E-state index contributed by atoms with van der Waals surface area (Å²) in [5, 5.41) is 10.7. The lowest BCUT2D eigenvalue weighted by Crippen LogP contribution is -2.37. The first-order chi connectivity index (χ1) is 13.3. The normalized spacial score (nSPS) is 24.8. The number of benzene rings is 2. The van der Waals surface area contributed by atoms with Crippen molar-refractivity contribution in [3.8, 4) is 0 Å². The third-order valence-electron chi connectivity index (χ3n) is 4.35. The Balaban J connectivity index is 1.54. The third kappa shape index (κ3) is 5.73. The minimum Gasteiger partial charge on any atom is -0.387 e. The van der Waals surface area contributed by atoms with Gasteiger partial charge in [-0.3, -0.25) is 0 Å². The Kier molecular flexibility index (Phi) is 7.56. The highest BCUT2D eigenvalue weighted by atomic mass is 16.7. The van der Waals surface area contributed by atoms with E-state index >= 15 is 0 Å². The fourth-order valence-corrected chi connectivity index (χ4v) is 2.95. The Morgan fingerprint density at radius 2 is 1.56 bits per heavy atom. The number of ether oxygens (including phenoxy) is 4. The summed E-state index contributed by atoms with van der Waals surface area (Å²) in [7, 11) is 0. The molecular formula is C22H26O5. The lowest BCUT2D eigenvalue weighted by molar-refractivity contribution is -0.178. The third-order valence-corrected chi connectivity index (χ3v) is 4.35. The SMILES string of the molecule is C=CCO[C@@H]1O[C@H](COCc2ccccc2)[C@@H](O)[C@H]1OCc1ccccc1. The van der Waals surface area contributed by atoms with Crippen molar-refractivity contribution in [3.05, 3.63) is 84.4 Å². The average Bonchev–Trinajstić information content (AvgIpc) is 3.01. The van der Waals surface area contributed by atoms with Gasteiger partial charge in [0.2, 0.25) is 0 Å². The van der Waals surface area contributed by atoms with Crippen LogP contribution in [0.25, 0.3) is 0 Å². The lowest BCUT2D eigenvalue weighted by atomic mass is 10.1. The molecule has 1 heterocycles. The van der Waals surface area contributed by atoms with E-state index in [0.717, 1.165) is 11.1 Å². The Morgan fingerprint density at radius 1 is 0.926 bits per heavy atom. The van der Waals surface area contributed by atoms with Gasteiger partial charge in [-0.05, 0) is 11.1 Å². The number of rotatable bonds is 10. The molecule has 0 aliphatic carbocycles. The molecule has 1 aliphatic rings. The molecule has 0 saturated carbocycles. The zero-order valence-electron chi connectivity index (χ0n) is 15.3. The molecule has 1 aliphatic heterocycles. The van der Waals surface area contributed by atoms with Crippen molar-refractivity contribution in [2.45, 2.75) is 37.8 Å². The first kappa shape index (κ1) is 19.7. The molecular weight excluding hydrogens is 344 g/mol. The van der Waals surface area contributed by atoms with E-state index in [2.05, 4.69) is 6.58 Å². The van der Waals surface area contributed by atoms with Crippen LogP contribution < -0.4 is 0 Å². The van der Waals surface area contributed by atoms with E-state index in [9.17, 15) is 5.11 Å². The van der Waals surface area contributed by atoms with Crippen LogP contribution in [0.15, 0.2) is 73.3 Å². The van der Waals surface area contributed by atoms with Gasteiger partial charge in [-0.25, -0.2) is 0 Å². The lowest BCUT2D eigenvalue weighted by Gasteiger charge is -2.20. The Morgan fingerprint density at radius 3 is 2.19 bits per heavy atom. The first-order valence-corrected chi connectivity index (χ1v) is 9.11. The Bertz CT molecular complexity index is 676. The maximum Gasteiger partial charge on any atom is 0.187 e. The molecule has 1 fully saturated rings. The summed E-state index contributed by atoms with van der Waals surface area (Å²) in [5.41, 5.74) is 2.09. The summed E-state index contributed by atoms with van der Waals surface area (Å²) in [4.78, 5) is 0. The monoisotopic (exact) mass is 370 g/mol. The Labute approximate surface area is 160 Å². The van der Waals surface area contributed by atoms with Crippen LogP contribution in [-0.4, -0.2) is 42.9 Å². The molecule has 5 nitrogen and oxygen atoms in total. The van der Waals surface area contributed by atoms with Crippen LogP contribution in [0.3, 0.4) is 0 Å². The van der Waals surface area contributed by atoms with Crippen LogP contribution in [0.5, 0.6) is 0 Å². The number of aliphatic hydroxyl groups excluding tert-OH is 1. The molecule has 2 aromatic rings. The highest BCUT2D eigenvalue weighted by Crippen LogP contribution is 2.26. The number of hydrogen-bond acceptors (Lipinski definition) is 5. The summed E-state index contributed by atoms with van der Waals surface area (Å²) in [6, 6.07) is 19.7. The van der Waals surface area contributed by atoms with Crippen molar-refractivity contribution >= 4 is 0 Å². The quantitative estimate of drug-likeness (QED) is 0.652. The van der Waals surface area contributed by atoms with Gasteiger partial charge in [0.15, 0.2) is 6.29 Å². The zero-order valence-corrected chi connectivity index (χ0v) is 15.3. The molecule has 5 heteroatoms. The standard InChI is InChI=1S/C22H26O5/c1-2-13-25-22-21(26-15-18-11-7-4-8-12-18)20(23)19(27-22)16-24-14-17-9-5-3-6-10-17/h2-12,19-23H,1,13-16H2/t19-,20-,21-,22-/m1/s1. The molecule has 1 N–H and O–H groups in total.